The predicted octanol–water partition coefficient (Wildman–Crippen LogP) is 5.72. The smallest absolute Gasteiger partial charge is 0.327 e. The third-order valence-electron chi connectivity index (χ3n) is 11.9. The lowest BCUT2D eigenvalue weighted by atomic mass is 9.43. The van der Waals surface area contributed by atoms with Crippen LogP contribution >= 0.6 is 0 Å². The van der Waals surface area contributed by atoms with Crippen LogP contribution in [0.4, 0.5) is 5.69 Å². The van der Waals surface area contributed by atoms with Crippen LogP contribution in [0.25, 0.3) is 0 Å². The molecule has 1 aromatic carbocycles. The summed E-state index contributed by atoms with van der Waals surface area (Å²) < 4.78 is 11.2. The Hall–Kier alpha value is -1.79. The molecular formula is C31H45NO5. The van der Waals surface area contributed by atoms with Gasteiger partial charge in [-0.1, -0.05) is 32.9 Å². The van der Waals surface area contributed by atoms with Crippen LogP contribution in [0.1, 0.15) is 85.0 Å². The van der Waals surface area contributed by atoms with Gasteiger partial charge in [-0.15, -0.1) is 0 Å². The molecule has 4 saturated carbocycles. The zero-order valence-corrected chi connectivity index (χ0v) is 22.7. The van der Waals surface area contributed by atoms with E-state index in [1.165, 1.54) is 19.3 Å². The number of nitrogens with one attached hydrogen (secondary N) is 1. The van der Waals surface area contributed by atoms with Crippen LogP contribution in [0.2, 0.25) is 0 Å². The number of aliphatic hydroxyl groups is 2. The van der Waals surface area contributed by atoms with Gasteiger partial charge >= 0.3 is 12.4 Å². The minimum atomic E-state index is -0.761. The molecule has 37 heavy (non-hydrogen) atoms. The van der Waals surface area contributed by atoms with Crippen molar-refractivity contribution in [2.75, 3.05) is 5.32 Å². The first-order valence-corrected chi connectivity index (χ1v) is 14.8. The highest BCUT2D eigenvalue weighted by molar-refractivity contribution is 5.70. The van der Waals surface area contributed by atoms with Gasteiger partial charge in [0.05, 0.1) is 17.9 Å². The van der Waals surface area contributed by atoms with Gasteiger partial charge in [-0.25, -0.2) is 0 Å². The third-order valence-corrected chi connectivity index (χ3v) is 11.9. The highest BCUT2D eigenvalue weighted by Gasteiger charge is 2.63. The maximum atomic E-state index is 12.7. The molecule has 0 saturated heterocycles. The first-order valence-electron chi connectivity index (χ1n) is 14.8. The van der Waals surface area contributed by atoms with Crippen LogP contribution in [0.3, 0.4) is 0 Å². The quantitative estimate of drug-likeness (QED) is 0.438. The number of hydrogen-bond acceptors (Lipinski definition) is 6. The Kier molecular flexibility index (Phi) is 6.50. The molecule has 6 heteroatoms. The number of fused-ring (bicyclic) bond motifs is 6. The standard InChI is InChI=1S/C31H45NO5/c1-18(8-13-28(35)37-29-32-25-6-4-5-7-26(25)36-29)22-11-12-23-21-10-9-19-16-20(33)14-15-30(19,2)24(21)17-27(34)31(22,23)3/h4-7,18-24,27,29,32-34H,8-17H2,1-3H3/t18-,19-,20-,21+,22?,23+,24+,27+,29?,30+,31-/m1/s1. The first kappa shape index (κ1) is 25.5. The van der Waals surface area contributed by atoms with Gasteiger partial charge in [0.15, 0.2) is 0 Å². The number of ether oxygens (including phenoxy) is 2. The van der Waals surface area contributed by atoms with Crippen LogP contribution in [0.15, 0.2) is 24.3 Å². The lowest BCUT2D eigenvalue weighted by molar-refractivity contribution is -0.175. The molecule has 6 nitrogen and oxygen atoms in total. The van der Waals surface area contributed by atoms with Crippen molar-refractivity contribution in [3.8, 4) is 5.75 Å². The van der Waals surface area contributed by atoms with Gasteiger partial charge in [-0.05, 0) is 116 Å². The number of rotatable bonds is 5. The van der Waals surface area contributed by atoms with Crippen molar-refractivity contribution < 1.29 is 24.5 Å². The minimum absolute atomic E-state index is 0.0837. The number of carbonyl (C=O) groups is 1. The molecular weight excluding hydrogens is 466 g/mol. The van der Waals surface area contributed by atoms with Crippen molar-refractivity contribution in [1.29, 1.82) is 0 Å². The lowest BCUT2D eigenvalue weighted by Crippen LogP contribution is -2.58. The Morgan fingerprint density at radius 3 is 2.73 bits per heavy atom. The number of hydrogen-bond donors (Lipinski definition) is 3. The van der Waals surface area contributed by atoms with E-state index in [4.69, 9.17) is 9.47 Å². The number of esters is 1. The Balaban J connectivity index is 1.08. The summed E-state index contributed by atoms with van der Waals surface area (Å²) in [5.74, 6) is 3.63. The summed E-state index contributed by atoms with van der Waals surface area (Å²) in [6.07, 6.45) is 8.60. The van der Waals surface area contributed by atoms with E-state index in [1.807, 2.05) is 24.3 Å². The second-order valence-electron chi connectivity index (χ2n) is 13.5. The lowest BCUT2D eigenvalue weighted by Gasteiger charge is -2.62. The SMILES string of the molecule is C[C@H](CCC(=O)OC1Nc2ccccc2O1)C1CC[C@H]2[C@@H]3CC[C@@H]4C[C@H](O)CC[C@]4(C)[C@H]3C[C@H](O)[C@]12C. The van der Waals surface area contributed by atoms with E-state index in [-0.39, 0.29) is 29.0 Å². The Labute approximate surface area is 221 Å². The molecule has 0 amide bonds. The molecule has 1 aromatic rings. The summed E-state index contributed by atoms with van der Waals surface area (Å²) in [5, 5.41) is 25.2. The largest absolute Gasteiger partial charge is 0.435 e. The van der Waals surface area contributed by atoms with Crippen molar-refractivity contribution in [2.45, 2.75) is 104 Å². The average molecular weight is 512 g/mol. The number of para-hydroxylation sites is 2. The second kappa shape index (κ2) is 9.44. The highest BCUT2D eigenvalue weighted by Crippen LogP contribution is 2.68. The fraction of sp³-hybridized carbons (Fsp3) is 0.774. The maximum absolute atomic E-state index is 12.7. The molecule has 4 fully saturated rings. The minimum Gasteiger partial charge on any atom is -0.435 e. The van der Waals surface area contributed by atoms with E-state index in [0.717, 1.165) is 44.2 Å². The molecule has 2 unspecified atom stereocenters. The molecule has 0 aromatic heterocycles. The summed E-state index contributed by atoms with van der Waals surface area (Å²) in [7, 11) is 0. The van der Waals surface area contributed by atoms with E-state index in [2.05, 4.69) is 26.1 Å². The van der Waals surface area contributed by atoms with Crippen molar-refractivity contribution in [3.63, 3.8) is 0 Å². The average Bonchev–Trinajstić information content (AvgIpc) is 3.45. The van der Waals surface area contributed by atoms with Crippen LogP contribution in [-0.4, -0.2) is 34.8 Å². The molecule has 0 spiro atoms. The molecule has 204 valence electrons. The predicted molar refractivity (Wildman–Crippen MR) is 142 cm³/mol. The Morgan fingerprint density at radius 1 is 1.11 bits per heavy atom. The van der Waals surface area contributed by atoms with Crippen molar-refractivity contribution in [3.05, 3.63) is 24.3 Å². The second-order valence-corrected chi connectivity index (χ2v) is 13.5. The Bertz CT molecular complexity index is 990. The van der Waals surface area contributed by atoms with E-state index in [0.29, 0.717) is 47.7 Å². The molecule has 0 bridgehead atoms. The number of aliphatic hydroxyl groups excluding tert-OH is 2. The van der Waals surface area contributed by atoms with Crippen LogP contribution in [0, 0.1) is 46.3 Å². The van der Waals surface area contributed by atoms with E-state index in [1.54, 1.807) is 0 Å². The van der Waals surface area contributed by atoms with Gasteiger partial charge < -0.3 is 25.0 Å². The van der Waals surface area contributed by atoms with Gasteiger partial charge in [-0.3, -0.25) is 4.79 Å². The molecule has 1 aliphatic heterocycles. The van der Waals surface area contributed by atoms with Gasteiger partial charge in [0.2, 0.25) is 0 Å². The number of benzene rings is 1. The van der Waals surface area contributed by atoms with Gasteiger partial charge in [0.1, 0.15) is 5.75 Å². The molecule has 5 aliphatic rings. The molecule has 1 heterocycles. The number of anilines is 1. The molecule has 6 rings (SSSR count). The van der Waals surface area contributed by atoms with Crippen LogP contribution < -0.4 is 10.1 Å². The molecule has 3 N–H and O–H groups in total. The van der Waals surface area contributed by atoms with Gasteiger partial charge in [-0.2, -0.15) is 0 Å². The summed E-state index contributed by atoms with van der Waals surface area (Å²) >= 11 is 0. The van der Waals surface area contributed by atoms with Crippen molar-refractivity contribution >= 4 is 11.7 Å². The maximum Gasteiger partial charge on any atom is 0.327 e. The molecule has 0 radical (unpaired) electrons. The van der Waals surface area contributed by atoms with E-state index in [9.17, 15) is 15.0 Å². The molecule has 4 aliphatic carbocycles. The summed E-state index contributed by atoms with van der Waals surface area (Å²) in [5.41, 5.74) is 1.02. The van der Waals surface area contributed by atoms with E-state index < -0.39 is 6.41 Å². The summed E-state index contributed by atoms with van der Waals surface area (Å²) in [6, 6.07) is 7.59. The van der Waals surface area contributed by atoms with Crippen molar-refractivity contribution in [1.82, 2.24) is 0 Å². The Morgan fingerprint density at radius 2 is 1.92 bits per heavy atom. The monoisotopic (exact) mass is 511 g/mol. The zero-order valence-electron chi connectivity index (χ0n) is 22.7. The van der Waals surface area contributed by atoms with Gasteiger partial charge in [0.25, 0.3) is 0 Å². The van der Waals surface area contributed by atoms with E-state index >= 15 is 0 Å². The van der Waals surface area contributed by atoms with Crippen LogP contribution in [-0.2, 0) is 9.53 Å². The number of carbonyl (C=O) groups excluding carboxylic acids is 1. The fourth-order valence-corrected chi connectivity index (χ4v) is 9.90. The van der Waals surface area contributed by atoms with Crippen LogP contribution in [0.5, 0.6) is 5.75 Å². The molecule has 11 atom stereocenters. The summed E-state index contributed by atoms with van der Waals surface area (Å²) in [4.78, 5) is 12.7. The normalized spacial score (nSPS) is 44.9. The van der Waals surface area contributed by atoms with Gasteiger partial charge in [0, 0.05) is 6.42 Å². The summed E-state index contributed by atoms with van der Waals surface area (Å²) in [6.45, 7) is 7.10. The third kappa shape index (κ3) is 4.17. The van der Waals surface area contributed by atoms with Crippen molar-refractivity contribution in [2.24, 2.45) is 46.3 Å². The zero-order chi connectivity index (χ0) is 25.9. The first-order chi connectivity index (χ1) is 17.7. The topological polar surface area (TPSA) is 88.0 Å². The highest BCUT2D eigenvalue weighted by atomic mass is 16.7. The fourth-order valence-electron chi connectivity index (χ4n) is 9.90.